The summed E-state index contributed by atoms with van der Waals surface area (Å²) in [5, 5.41) is 3.44. The smallest absolute Gasteiger partial charge is 0.230 e. The van der Waals surface area contributed by atoms with Gasteiger partial charge in [-0.2, -0.15) is 0 Å². The molecule has 0 saturated carbocycles. The fourth-order valence-corrected chi connectivity index (χ4v) is 4.00. The summed E-state index contributed by atoms with van der Waals surface area (Å²) < 4.78 is 0. The average Bonchev–Trinajstić information content (AvgIpc) is 2.73. The summed E-state index contributed by atoms with van der Waals surface area (Å²) in [6.45, 7) is 8.40. The molecule has 3 heteroatoms. The number of amides is 1. The number of rotatable bonds is 4. The first kappa shape index (κ1) is 15.8. The van der Waals surface area contributed by atoms with Crippen LogP contribution in [0.3, 0.4) is 0 Å². The fraction of sp³-hybridized carbons (Fsp3) is 0.941. The molecular weight excluding hydrogens is 248 g/mol. The summed E-state index contributed by atoms with van der Waals surface area (Å²) in [4.78, 5) is 15.2. The summed E-state index contributed by atoms with van der Waals surface area (Å²) in [5.41, 5.74) is -0.108. The lowest BCUT2D eigenvalue weighted by atomic mass is 9.77. The molecule has 2 saturated heterocycles. The first-order valence-electron chi connectivity index (χ1n) is 8.72. The summed E-state index contributed by atoms with van der Waals surface area (Å²) in [6.07, 6.45) is 9.54. The number of hydrogen-bond acceptors (Lipinski definition) is 2. The third-order valence-electron chi connectivity index (χ3n) is 5.43. The Kier molecular flexibility index (Phi) is 5.88. The monoisotopic (exact) mass is 280 g/mol. The lowest BCUT2D eigenvalue weighted by Gasteiger charge is -2.39. The van der Waals surface area contributed by atoms with E-state index in [2.05, 4.69) is 24.1 Å². The molecule has 1 amide bonds. The molecule has 3 nitrogen and oxygen atoms in total. The van der Waals surface area contributed by atoms with Crippen LogP contribution < -0.4 is 5.32 Å². The highest BCUT2D eigenvalue weighted by atomic mass is 16.2. The highest BCUT2D eigenvalue weighted by molar-refractivity contribution is 5.83. The van der Waals surface area contributed by atoms with E-state index in [1.807, 2.05) is 0 Å². The Hall–Kier alpha value is -0.570. The van der Waals surface area contributed by atoms with E-state index >= 15 is 0 Å². The van der Waals surface area contributed by atoms with Crippen molar-refractivity contribution < 1.29 is 4.79 Å². The predicted octanol–water partition coefficient (Wildman–Crippen LogP) is 3.20. The summed E-state index contributed by atoms with van der Waals surface area (Å²) in [7, 11) is 0. The quantitative estimate of drug-likeness (QED) is 0.857. The number of nitrogens with one attached hydrogen (secondary N) is 1. The van der Waals surface area contributed by atoms with Gasteiger partial charge in [-0.05, 0) is 51.0 Å². The van der Waals surface area contributed by atoms with Gasteiger partial charge in [-0.3, -0.25) is 4.79 Å². The molecule has 20 heavy (non-hydrogen) atoms. The van der Waals surface area contributed by atoms with Gasteiger partial charge in [-0.25, -0.2) is 0 Å². The predicted molar refractivity (Wildman–Crippen MR) is 83.7 cm³/mol. The van der Waals surface area contributed by atoms with E-state index in [-0.39, 0.29) is 5.41 Å². The minimum atomic E-state index is -0.108. The van der Waals surface area contributed by atoms with E-state index in [1.165, 1.54) is 32.1 Å². The van der Waals surface area contributed by atoms with Gasteiger partial charge in [0.1, 0.15) is 0 Å². The Balaban J connectivity index is 1.97. The molecule has 0 aromatic rings. The Labute approximate surface area is 124 Å². The molecule has 2 atom stereocenters. The fourth-order valence-electron chi connectivity index (χ4n) is 4.00. The van der Waals surface area contributed by atoms with Gasteiger partial charge in [0.2, 0.25) is 5.91 Å². The van der Waals surface area contributed by atoms with Gasteiger partial charge in [-0.1, -0.05) is 26.7 Å². The van der Waals surface area contributed by atoms with Crippen LogP contribution in [-0.4, -0.2) is 37.0 Å². The number of nitrogens with zero attached hydrogens (tertiary/aromatic N) is 1. The van der Waals surface area contributed by atoms with Crippen LogP contribution in [-0.2, 0) is 4.79 Å². The molecule has 1 N–H and O–H groups in total. The van der Waals surface area contributed by atoms with Gasteiger partial charge >= 0.3 is 0 Å². The number of carbonyl (C=O) groups is 1. The van der Waals surface area contributed by atoms with Gasteiger partial charge < -0.3 is 10.2 Å². The molecule has 2 aliphatic heterocycles. The topological polar surface area (TPSA) is 32.3 Å². The van der Waals surface area contributed by atoms with E-state index in [0.29, 0.717) is 5.91 Å². The summed E-state index contributed by atoms with van der Waals surface area (Å²) >= 11 is 0. The number of piperidine rings is 1. The van der Waals surface area contributed by atoms with Crippen LogP contribution in [0, 0.1) is 11.3 Å². The SMILES string of the molecule is CCCC1CCCN(C(=O)C2(CC)CCCNC2)CC1. The number of likely N-dealkylation sites (tertiary alicyclic amines) is 1. The van der Waals surface area contributed by atoms with Crippen molar-refractivity contribution in [3.63, 3.8) is 0 Å². The Morgan fingerprint density at radius 3 is 2.75 bits per heavy atom. The molecule has 2 rings (SSSR count). The third-order valence-corrected chi connectivity index (χ3v) is 5.43. The summed E-state index contributed by atoms with van der Waals surface area (Å²) in [6, 6.07) is 0. The van der Waals surface area contributed by atoms with Crippen LogP contribution in [0.2, 0.25) is 0 Å². The largest absolute Gasteiger partial charge is 0.342 e. The van der Waals surface area contributed by atoms with Crippen LogP contribution >= 0.6 is 0 Å². The van der Waals surface area contributed by atoms with Crippen molar-refractivity contribution >= 4 is 5.91 Å². The molecule has 2 unspecified atom stereocenters. The zero-order valence-corrected chi connectivity index (χ0v) is 13.4. The Morgan fingerprint density at radius 2 is 2.10 bits per heavy atom. The van der Waals surface area contributed by atoms with E-state index in [4.69, 9.17) is 0 Å². The maximum atomic E-state index is 13.0. The third kappa shape index (κ3) is 3.55. The average molecular weight is 280 g/mol. The van der Waals surface area contributed by atoms with Crippen LogP contribution in [0.1, 0.15) is 65.2 Å². The van der Waals surface area contributed by atoms with Crippen molar-refractivity contribution in [3.8, 4) is 0 Å². The van der Waals surface area contributed by atoms with Crippen LogP contribution in [0.5, 0.6) is 0 Å². The Morgan fingerprint density at radius 1 is 1.25 bits per heavy atom. The molecule has 0 aromatic carbocycles. The maximum Gasteiger partial charge on any atom is 0.230 e. The Bertz CT molecular complexity index is 310. The zero-order chi connectivity index (χ0) is 14.4. The van der Waals surface area contributed by atoms with Crippen molar-refractivity contribution in [1.82, 2.24) is 10.2 Å². The van der Waals surface area contributed by atoms with E-state index < -0.39 is 0 Å². The van der Waals surface area contributed by atoms with Crippen molar-refractivity contribution in [1.29, 1.82) is 0 Å². The first-order chi connectivity index (χ1) is 9.72. The molecule has 0 bridgehead atoms. The molecule has 0 radical (unpaired) electrons. The second-order valence-electron chi connectivity index (χ2n) is 6.79. The van der Waals surface area contributed by atoms with Crippen molar-refractivity contribution in [3.05, 3.63) is 0 Å². The van der Waals surface area contributed by atoms with Gasteiger partial charge in [0.15, 0.2) is 0 Å². The lowest BCUT2D eigenvalue weighted by Crippen LogP contribution is -2.51. The van der Waals surface area contributed by atoms with Gasteiger partial charge in [0.25, 0.3) is 0 Å². The molecule has 2 aliphatic rings. The van der Waals surface area contributed by atoms with Crippen LogP contribution in [0.4, 0.5) is 0 Å². The highest BCUT2D eigenvalue weighted by Crippen LogP contribution is 2.33. The zero-order valence-electron chi connectivity index (χ0n) is 13.4. The second kappa shape index (κ2) is 7.44. The minimum absolute atomic E-state index is 0.108. The van der Waals surface area contributed by atoms with Crippen molar-refractivity contribution in [2.24, 2.45) is 11.3 Å². The normalized spacial score (nSPS) is 31.9. The minimum Gasteiger partial charge on any atom is -0.342 e. The van der Waals surface area contributed by atoms with Gasteiger partial charge in [-0.15, -0.1) is 0 Å². The van der Waals surface area contributed by atoms with E-state index in [0.717, 1.165) is 51.4 Å². The highest BCUT2D eigenvalue weighted by Gasteiger charge is 2.40. The second-order valence-corrected chi connectivity index (χ2v) is 6.79. The van der Waals surface area contributed by atoms with Gasteiger partial charge in [0, 0.05) is 19.6 Å². The molecule has 2 fully saturated rings. The number of hydrogen-bond donors (Lipinski definition) is 1. The number of carbonyl (C=O) groups excluding carboxylic acids is 1. The standard InChI is InChI=1S/C17H32N2O/c1-3-7-15-8-5-12-19(13-9-15)16(20)17(4-2)10-6-11-18-14-17/h15,18H,3-14H2,1-2H3. The maximum absolute atomic E-state index is 13.0. The van der Waals surface area contributed by atoms with E-state index in [9.17, 15) is 4.79 Å². The summed E-state index contributed by atoms with van der Waals surface area (Å²) in [5.74, 6) is 1.28. The van der Waals surface area contributed by atoms with Gasteiger partial charge in [0.05, 0.1) is 5.41 Å². The molecule has 0 aliphatic carbocycles. The van der Waals surface area contributed by atoms with E-state index in [1.54, 1.807) is 0 Å². The van der Waals surface area contributed by atoms with Crippen LogP contribution in [0.15, 0.2) is 0 Å². The molecular formula is C17H32N2O. The van der Waals surface area contributed by atoms with Crippen molar-refractivity contribution in [2.75, 3.05) is 26.2 Å². The molecule has 2 heterocycles. The molecule has 0 aromatic heterocycles. The first-order valence-corrected chi connectivity index (χ1v) is 8.72. The molecule has 0 spiro atoms. The van der Waals surface area contributed by atoms with Crippen molar-refractivity contribution in [2.45, 2.75) is 65.2 Å². The molecule has 116 valence electrons. The van der Waals surface area contributed by atoms with Crippen LogP contribution in [0.25, 0.3) is 0 Å². The lowest BCUT2D eigenvalue weighted by molar-refractivity contribution is -0.143.